The SMILES string of the molecule is CCOC(=O)[C@@H]1C(=O)N(CCc2ccccc2)c2nc3ccccc3n2[C@H]1c1ccccc1[N+](=O)[O-]. The predicted octanol–water partition coefficient (Wildman–Crippen LogP) is 4.30. The van der Waals surface area contributed by atoms with Gasteiger partial charge in [0.25, 0.3) is 5.69 Å². The number of aromatic nitrogens is 2. The number of anilines is 1. The van der Waals surface area contributed by atoms with Gasteiger partial charge >= 0.3 is 5.97 Å². The quantitative estimate of drug-likeness (QED) is 0.168. The van der Waals surface area contributed by atoms with Crippen molar-refractivity contribution in [3.63, 3.8) is 0 Å². The number of hydrogen-bond donors (Lipinski definition) is 0. The van der Waals surface area contributed by atoms with Crippen LogP contribution in [0.4, 0.5) is 11.6 Å². The molecular formula is C27H24N4O5. The lowest BCUT2D eigenvalue weighted by Crippen LogP contribution is -2.50. The normalized spacial score (nSPS) is 17.1. The summed E-state index contributed by atoms with van der Waals surface area (Å²) in [5.41, 5.74) is 2.40. The summed E-state index contributed by atoms with van der Waals surface area (Å²) in [6, 6.07) is 22.2. The number of fused-ring (bicyclic) bond motifs is 3. The number of imidazole rings is 1. The summed E-state index contributed by atoms with van der Waals surface area (Å²) in [7, 11) is 0. The number of nitro groups is 1. The number of nitro benzene ring substituents is 1. The van der Waals surface area contributed by atoms with E-state index in [-0.39, 0.29) is 24.4 Å². The number of ether oxygens (including phenoxy) is 1. The van der Waals surface area contributed by atoms with Crippen LogP contribution in [0, 0.1) is 16.0 Å². The van der Waals surface area contributed by atoms with Crippen molar-refractivity contribution >= 4 is 34.5 Å². The van der Waals surface area contributed by atoms with Crippen molar-refractivity contribution in [3.05, 3.63) is 100 Å². The lowest BCUT2D eigenvalue weighted by Gasteiger charge is -2.37. The van der Waals surface area contributed by atoms with Gasteiger partial charge in [0.2, 0.25) is 11.9 Å². The molecule has 0 bridgehead atoms. The lowest BCUT2D eigenvalue weighted by atomic mass is 9.88. The summed E-state index contributed by atoms with van der Waals surface area (Å²) in [6.45, 7) is 2.02. The van der Waals surface area contributed by atoms with Gasteiger partial charge in [-0.1, -0.05) is 60.7 Å². The molecule has 0 saturated heterocycles. The van der Waals surface area contributed by atoms with Gasteiger partial charge in [-0.2, -0.15) is 0 Å². The van der Waals surface area contributed by atoms with Crippen LogP contribution in [0.15, 0.2) is 78.9 Å². The highest BCUT2D eigenvalue weighted by Gasteiger charge is 2.49. The molecule has 4 aromatic rings. The van der Waals surface area contributed by atoms with Gasteiger partial charge in [0.15, 0.2) is 5.92 Å². The summed E-state index contributed by atoms with van der Waals surface area (Å²) >= 11 is 0. The Morgan fingerprint density at radius 3 is 2.47 bits per heavy atom. The third-order valence-electron chi connectivity index (χ3n) is 6.40. The number of esters is 1. The fourth-order valence-electron chi connectivity index (χ4n) is 4.83. The highest BCUT2D eigenvalue weighted by Crippen LogP contribution is 2.43. The first-order valence-electron chi connectivity index (χ1n) is 11.7. The molecule has 1 amide bonds. The Morgan fingerprint density at radius 2 is 1.72 bits per heavy atom. The summed E-state index contributed by atoms with van der Waals surface area (Å²) in [5.74, 6) is -2.18. The maximum absolute atomic E-state index is 14.0. The van der Waals surface area contributed by atoms with Crippen LogP contribution < -0.4 is 4.90 Å². The van der Waals surface area contributed by atoms with Crippen LogP contribution in [-0.4, -0.2) is 39.5 Å². The second kappa shape index (κ2) is 9.61. The third-order valence-corrected chi connectivity index (χ3v) is 6.40. The number of rotatable bonds is 7. The van der Waals surface area contributed by atoms with E-state index in [1.54, 1.807) is 29.7 Å². The van der Waals surface area contributed by atoms with Crippen molar-refractivity contribution in [1.82, 2.24) is 9.55 Å². The highest BCUT2D eigenvalue weighted by atomic mass is 16.6. The lowest BCUT2D eigenvalue weighted by molar-refractivity contribution is -0.385. The van der Waals surface area contributed by atoms with Gasteiger partial charge in [-0.15, -0.1) is 0 Å². The topological polar surface area (TPSA) is 108 Å². The van der Waals surface area contributed by atoms with Crippen LogP contribution in [0.3, 0.4) is 0 Å². The number of nitrogens with zero attached hydrogens (tertiary/aromatic N) is 4. The molecule has 0 spiro atoms. The third kappa shape index (κ3) is 3.98. The number of carbonyl (C=O) groups excluding carboxylic acids is 2. The molecule has 1 aliphatic heterocycles. The standard InChI is InChI=1S/C27H24N4O5/c1-2-36-26(33)23-24(19-12-6-8-14-21(19)31(34)35)30-22-15-9-7-13-20(22)28-27(30)29(25(23)32)17-16-18-10-4-3-5-11-18/h3-15,23-24H,2,16-17H2,1H3/t23-,24-/m0/s1. The van der Waals surface area contributed by atoms with Crippen molar-refractivity contribution < 1.29 is 19.2 Å². The van der Waals surface area contributed by atoms with Crippen molar-refractivity contribution in [2.75, 3.05) is 18.1 Å². The van der Waals surface area contributed by atoms with Crippen molar-refractivity contribution in [2.45, 2.75) is 19.4 Å². The second-order valence-corrected chi connectivity index (χ2v) is 8.49. The zero-order chi connectivity index (χ0) is 25.2. The van der Waals surface area contributed by atoms with Gasteiger partial charge in [0, 0.05) is 12.6 Å². The molecule has 3 aromatic carbocycles. The van der Waals surface area contributed by atoms with E-state index in [0.29, 0.717) is 23.4 Å². The molecule has 5 rings (SSSR count). The van der Waals surface area contributed by atoms with Gasteiger partial charge in [0.05, 0.1) is 34.2 Å². The van der Waals surface area contributed by atoms with Gasteiger partial charge in [-0.25, -0.2) is 4.98 Å². The Kier molecular flexibility index (Phi) is 6.20. The van der Waals surface area contributed by atoms with E-state index in [9.17, 15) is 19.7 Å². The predicted molar refractivity (Wildman–Crippen MR) is 134 cm³/mol. The molecular weight excluding hydrogens is 460 g/mol. The van der Waals surface area contributed by atoms with E-state index in [1.807, 2.05) is 54.6 Å². The van der Waals surface area contributed by atoms with E-state index >= 15 is 0 Å². The molecule has 9 nitrogen and oxygen atoms in total. The van der Waals surface area contributed by atoms with Gasteiger partial charge in [-0.05, 0) is 31.0 Å². The van der Waals surface area contributed by atoms with E-state index in [1.165, 1.54) is 11.0 Å². The zero-order valence-electron chi connectivity index (χ0n) is 19.6. The largest absolute Gasteiger partial charge is 0.465 e. The summed E-state index contributed by atoms with van der Waals surface area (Å²) in [5, 5.41) is 12.0. The maximum atomic E-state index is 14.0. The summed E-state index contributed by atoms with van der Waals surface area (Å²) in [6.07, 6.45) is 0.543. The zero-order valence-corrected chi connectivity index (χ0v) is 19.6. The Labute approximate surface area is 207 Å². The Morgan fingerprint density at radius 1 is 1.03 bits per heavy atom. The van der Waals surface area contributed by atoms with E-state index in [0.717, 1.165) is 5.56 Å². The van der Waals surface area contributed by atoms with Crippen LogP contribution in [0.1, 0.15) is 24.1 Å². The monoisotopic (exact) mass is 484 g/mol. The van der Waals surface area contributed by atoms with Crippen LogP contribution >= 0.6 is 0 Å². The van der Waals surface area contributed by atoms with Crippen molar-refractivity contribution in [2.24, 2.45) is 5.92 Å². The molecule has 0 fully saturated rings. The molecule has 182 valence electrons. The number of amides is 1. The molecule has 36 heavy (non-hydrogen) atoms. The van der Waals surface area contributed by atoms with Gasteiger partial charge < -0.3 is 9.30 Å². The highest BCUT2D eigenvalue weighted by molar-refractivity contribution is 6.08. The average molecular weight is 485 g/mol. The molecule has 2 heterocycles. The fraction of sp³-hybridized carbons (Fsp3) is 0.222. The minimum atomic E-state index is -1.31. The van der Waals surface area contributed by atoms with Crippen LogP contribution in [0.2, 0.25) is 0 Å². The van der Waals surface area contributed by atoms with Crippen molar-refractivity contribution in [1.29, 1.82) is 0 Å². The molecule has 0 aliphatic carbocycles. The molecule has 0 unspecified atom stereocenters. The van der Waals surface area contributed by atoms with Gasteiger partial charge in [0.1, 0.15) is 0 Å². The average Bonchev–Trinajstić information content (AvgIpc) is 3.27. The molecule has 0 radical (unpaired) electrons. The molecule has 2 atom stereocenters. The van der Waals surface area contributed by atoms with Gasteiger partial charge in [-0.3, -0.25) is 24.6 Å². The summed E-state index contributed by atoms with van der Waals surface area (Å²) < 4.78 is 7.10. The minimum absolute atomic E-state index is 0.0771. The van der Waals surface area contributed by atoms with Crippen LogP contribution in [-0.2, 0) is 20.7 Å². The minimum Gasteiger partial charge on any atom is -0.465 e. The first-order valence-corrected chi connectivity index (χ1v) is 11.7. The number of benzene rings is 3. The van der Waals surface area contributed by atoms with Crippen LogP contribution in [0.5, 0.6) is 0 Å². The van der Waals surface area contributed by atoms with Crippen LogP contribution in [0.25, 0.3) is 11.0 Å². The number of hydrogen-bond acceptors (Lipinski definition) is 6. The number of para-hydroxylation sites is 3. The molecule has 1 aromatic heterocycles. The smallest absolute Gasteiger partial charge is 0.321 e. The first kappa shape index (κ1) is 23.2. The fourth-order valence-corrected chi connectivity index (χ4v) is 4.83. The maximum Gasteiger partial charge on any atom is 0.321 e. The first-order chi connectivity index (χ1) is 17.5. The van der Waals surface area contributed by atoms with Crippen molar-refractivity contribution in [3.8, 4) is 0 Å². The second-order valence-electron chi connectivity index (χ2n) is 8.49. The Hall–Kier alpha value is -4.53. The van der Waals surface area contributed by atoms with E-state index in [4.69, 9.17) is 9.72 Å². The summed E-state index contributed by atoms with van der Waals surface area (Å²) in [4.78, 5) is 44.9. The Balaban J connectivity index is 1.73. The Bertz CT molecular complexity index is 1450. The van der Waals surface area contributed by atoms with E-state index in [2.05, 4.69) is 0 Å². The molecule has 0 saturated carbocycles. The molecule has 9 heteroatoms. The molecule has 1 aliphatic rings. The molecule has 0 N–H and O–H groups in total. The number of carbonyl (C=O) groups is 2. The van der Waals surface area contributed by atoms with E-state index < -0.39 is 28.8 Å².